The summed E-state index contributed by atoms with van der Waals surface area (Å²) in [7, 11) is 0. The molecule has 0 spiro atoms. The molecule has 0 heterocycles. The topological polar surface area (TPSA) is 78.4 Å². The van der Waals surface area contributed by atoms with Gasteiger partial charge in [0.05, 0.1) is 0 Å². The second-order valence-corrected chi connectivity index (χ2v) is 4.51. The third kappa shape index (κ3) is 4.94. The van der Waals surface area contributed by atoms with Gasteiger partial charge in [-0.2, -0.15) is 0 Å². The van der Waals surface area contributed by atoms with Gasteiger partial charge in [0.15, 0.2) is 0 Å². The Bertz CT molecular complexity index is 494. The smallest absolute Gasteiger partial charge is 0.327 e. The lowest BCUT2D eigenvalue weighted by Crippen LogP contribution is -2.42. The van der Waals surface area contributed by atoms with Crippen LogP contribution in [0.25, 0.3) is 0 Å². The number of rotatable bonds is 5. The summed E-state index contributed by atoms with van der Waals surface area (Å²) in [5.41, 5.74) is 0.583. The van der Waals surface area contributed by atoms with Crippen LogP contribution in [-0.2, 0) is 4.79 Å². The lowest BCUT2D eigenvalue weighted by atomic mass is 10.2. The number of carboxylic acid groups (broad SMARTS) is 1. The number of urea groups is 1. The Kier molecular flexibility index (Phi) is 5.76. The maximum absolute atomic E-state index is 11.6. The number of carbonyl (C=O) groups excluding carboxylic acids is 1. The van der Waals surface area contributed by atoms with Crippen LogP contribution in [0.5, 0.6) is 0 Å². The fourth-order valence-corrected chi connectivity index (χ4v) is 1.73. The van der Waals surface area contributed by atoms with Gasteiger partial charge >= 0.3 is 12.0 Å². The van der Waals surface area contributed by atoms with E-state index in [1.807, 2.05) is 18.4 Å². The van der Waals surface area contributed by atoms with Gasteiger partial charge < -0.3 is 15.7 Å². The molecule has 100 valence electrons. The molecule has 1 rings (SSSR count). The van der Waals surface area contributed by atoms with Gasteiger partial charge in [0.1, 0.15) is 6.04 Å². The molecule has 2 amide bonds. The van der Waals surface area contributed by atoms with E-state index in [2.05, 4.69) is 16.6 Å². The summed E-state index contributed by atoms with van der Waals surface area (Å²) in [5.74, 6) is 1.05. The second-order valence-electron chi connectivity index (χ2n) is 3.63. The van der Waals surface area contributed by atoms with Crippen molar-refractivity contribution < 1.29 is 14.7 Å². The van der Waals surface area contributed by atoms with E-state index in [0.717, 1.165) is 4.90 Å². The molecule has 6 heteroatoms. The number of amides is 2. The number of thioether (sulfide) groups is 1. The third-order valence-corrected chi connectivity index (χ3v) is 3.02. The first-order valence-electron chi connectivity index (χ1n) is 5.44. The van der Waals surface area contributed by atoms with Crippen molar-refractivity contribution in [2.24, 2.45) is 0 Å². The molecule has 0 bridgehead atoms. The van der Waals surface area contributed by atoms with E-state index in [4.69, 9.17) is 11.5 Å². The third-order valence-electron chi connectivity index (χ3n) is 2.27. The minimum Gasteiger partial charge on any atom is -0.480 e. The highest BCUT2D eigenvalue weighted by Crippen LogP contribution is 2.17. The fraction of sp³-hybridized carbons (Fsp3) is 0.231. The van der Waals surface area contributed by atoms with Crippen LogP contribution in [-0.4, -0.2) is 29.4 Å². The molecule has 1 aromatic rings. The van der Waals surface area contributed by atoms with Crippen LogP contribution in [0.3, 0.4) is 0 Å². The molecule has 0 saturated carbocycles. The van der Waals surface area contributed by atoms with Gasteiger partial charge in [-0.25, -0.2) is 9.59 Å². The van der Waals surface area contributed by atoms with Crippen LogP contribution in [0.2, 0.25) is 0 Å². The van der Waals surface area contributed by atoms with Crippen molar-refractivity contribution in [1.82, 2.24) is 5.32 Å². The highest BCUT2D eigenvalue weighted by molar-refractivity contribution is 7.98. The summed E-state index contributed by atoms with van der Waals surface area (Å²) < 4.78 is 0. The zero-order valence-corrected chi connectivity index (χ0v) is 11.2. The van der Waals surface area contributed by atoms with E-state index in [9.17, 15) is 9.59 Å². The lowest BCUT2D eigenvalue weighted by molar-refractivity contribution is -0.139. The van der Waals surface area contributed by atoms with Crippen molar-refractivity contribution in [3.8, 4) is 12.3 Å². The summed E-state index contributed by atoms with van der Waals surface area (Å²) >= 11 is 1.59. The number of aliphatic carboxylic acids is 1. The van der Waals surface area contributed by atoms with Crippen molar-refractivity contribution in [2.45, 2.75) is 17.4 Å². The molecule has 3 N–H and O–H groups in total. The molecule has 1 aromatic carbocycles. The Hall–Kier alpha value is -2.13. The number of anilines is 1. The van der Waals surface area contributed by atoms with E-state index in [1.54, 1.807) is 23.9 Å². The molecule has 0 aromatic heterocycles. The largest absolute Gasteiger partial charge is 0.480 e. The molecule has 0 aliphatic rings. The van der Waals surface area contributed by atoms with Crippen LogP contribution < -0.4 is 10.6 Å². The molecule has 1 unspecified atom stereocenters. The molecule has 0 radical (unpaired) electrons. The Balaban J connectivity index is 2.58. The molecule has 0 aliphatic carbocycles. The van der Waals surface area contributed by atoms with Gasteiger partial charge in [-0.15, -0.1) is 24.1 Å². The Morgan fingerprint density at radius 2 is 2.05 bits per heavy atom. The quantitative estimate of drug-likeness (QED) is 0.568. The second kappa shape index (κ2) is 7.34. The van der Waals surface area contributed by atoms with Crippen molar-refractivity contribution in [2.75, 3.05) is 11.6 Å². The highest BCUT2D eigenvalue weighted by atomic mass is 32.2. The van der Waals surface area contributed by atoms with Gasteiger partial charge in [0.2, 0.25) is 0 Å². The van der Waals surface area contributed by atoms with Gasteiger partial charge in [-0.05, 0) is 30.5 Å². The standard InChI is InChI=1S/C13H14N2O3S/c1-3-4-11(12(16)17)15-13(18)14-9-5-7-10(19-2)8-6-9/h1,5-8,11H,4H2,2H3,(H,16,17)(H2,14,15,18). The number of carbonyl (C=O) groups is 2. The summed E-state index contributed by atoms with van der Waals surface area (Å²) in [6.07, 6.45) is 6.93. The first-order valence-corrected chi connectivity index (χ1v) is 6.67. The maximum atomic E-state index is 11.6. The number of carboxylic acids is 1. The minimum absolute atomic E-state index is 0.0613. The van der Waals surface area contributed by atoms with Crippen molar-refractivity contribution in [1.29, 1.82) is 0 Å². The average Bonchev–Trinajstić information content (AvgIpc) is 2.39. The molecular formula is C13H14N2O3S. The predicted octanol–water partition coefficient (Wildman–Crippen LogP) is 2.01. The zero-order chi connectivity index (χ0) is 14.3. The zero-order valence-electron chi connectivity index (χ0n) is 10.3. The van der Waals surface area contributed by atoms with Gasteiger partial charge in [0.25, 0.3) is 0 Å². The monoisotopic (exact) mass is 278 g/mol. The van der Waals surface area contributed by atoms with E-state index in [0.29, 0.717) is 5.69 Å². The van der Waals surface area contributed by atoms with Crippen molar-refractivity contribution in [3.63, 3.8) is 0 Å². The first-order chi connectivity index (χ1) is 9.06. The first kappa shape index (κ1) is 14.9. The number of benzene rings is 1. The number of hydrogen-bond donors (Lipinski definition) is 3. The van der Waals surface area contributed by atoms with Crippen LogP contribution in [0.4, 0.5) is 10.5 Å². The molecule has 1 atom stereocenters. The van der Waals surface area contributed by atoms with Gasteiger partial charge in [0, 0.05) is 17.0 Å². The van der Waals surface area contributed by atoms with E-state index in [-0.39, 0.29) is 6.42 Å². The normalized spacial score (nSPS) is 11.2. The summed E-state index contributed by atoms with van der Waals surface area (Å²) in [5, 5.41) is 13.7. The molecule has 5 nitrogen and oxygen atoms in total. The molecule has 19 heavy (non-hydrogen) atoms. The molecule has 0 fully saturated rings. The highest BCUT2D eigenvalue weighted by Gasteiger charge is 2.18. The van der Waals surface area contributed by atoms with E-state index < -0.39 is 18.0 Å². The molecule has 0 aliphatic heterocycles. The Morgan fingerprint density at radius 3 is 2.53 bits per heavy atom. The lowest BCUT2D eigenvalue weighted by Gasteiger charge is -2.12. The van der Waals surface area contributed by atoms with Crippen LogP contribution in [0, 0.1) is 12.3 Å². The maximum Gasteiger partial charge on any atom is 0.327 e. The van der Waals surface area contributed by atoms with E-state index >= 15 is 0 Å². The SMILES string of the molecule is C#CCC(NC(=O)Nc1ccc(SC)cc1)C(=O)O. The number of terminal acetylenes is 1. The summed E-state index contributed by atoms with van der Waals surface area (Å²) in [6.45, 7) is 0. The van der Waals surface area contributed by atoms with E-state index in [1.165, 1.54) is 0 Å². The fourth-order valence-electron chi connectivity index (χ4n) is 1.32. The summed E-state index contributed by atoms with van der Waals surface area (Å²) in [4.78, 5) is 23.5. The molecule has 0 saturated heterocycles. The van der Waals surface area contributed by atoms with Crippen molar-refractivity contribution in [3.05, 3.63) is 24.3 Å². The van der Waals surface area contributed by atoms with Crippen molar-refractivity contribution >= 4 is 29.4 Å². The van der Waals surface area contributed by atoms with Gasteiger partial charge in [-0.1, -0.05) is 0 Å². The van der Waals surface area contributed by atoms with Gasteiger partial charge in [-0.3, -0.25) is 0 Å². The predicted molar refractivity (Wildman–Crippen MR) is 75.3 cm³/mol. The number of nitrogens with one attached hydrogen (secondary N) is 2. The summed E-state index contributed by atoms with van der Waals surface area (Å²) in [6, 6.07) is 5.51. The molecular weight excluding hydrogens is 264 g/mol. The van der Waals surface area contributed by atoms with Crippen LogP contribution in [0.1, 0.15) is 6.42 Å². The van der Waals surface area contributed by atoms with Crippen LogP contribution >= 0.6 is 11.8 Å². The Labute approximate surface area is 115 Å². The van der Waals surface area contributed by atoms with Crippen LogP contribution in [0.15, 0.2) is 29.2 Å². The Morgan fingerprint density at radius 1 is 1.42 bits per heavy atom. The minimum atomic E-state index is -1.16. The number of hydrogen-bond acceptors (Lipinski definition) is 3. The average molecular weight is 278 g/mol.